The maximum atomic E-state index is 15.0. The molecule has 0 spiro atoms. The van der Waals surface area contributed by atoms with Gasteiger partial charge in [-0.3, -0.25) is 0 Å². The van der Waals surface area contributed by atoms with Crippen LogP contribution in [0.15, 0.2) is 109 Å². The maximum Gasteiger partial charge on any atom is 0.417 e. The Bertz CT molecular complexity index is 2920. The molecule has 0 aliphatic rings. The van der Waals surface area contributed by atoms with Crippen molar-refractivity contribution >= 4 is 49.3 Å². The van der Waals surface area contributed by atoms with E-state index in [2.05, 4.69) is 165 Å². The summed E-state index contributed by atoms with van der Waals surface area (Å²) in [6.45, 7) is 35.4. The lowest BCUT2D eigenvalue weighted by atomic mass is 9.85. The Morgan fingerprint density at radius 2 is 0.800 bits per heavy atom. The van der Waals surface area contributed by atoms with Gasteiger partial charge in [0.05, 0.1) is 45.6 Å². The standard InChI is InChI=1S/C54H54F3N3/c1-50(2,3)32-18-23-43-38(28-32)39-29-33(51(4,5)6)19-24-44(39)59(43)47-27-22-37(36-16-14-15-17-42(36)54(55,56)57)49(48(47)58-13)60-45-25-20-34(52(7,8)9)30-40(45)41-31-35(53(10,11)12)21-26-46(41)60/h14-31H,1-12H3. The van der Waals surface area contributed by atoms with E-state index in [1.807, 2.05) is 10.6 Å². The number of alkyl halides is 3. The van der Waals surface area contributed by atoms with Gasteiger partial charge in [-0.15, -0.1) is 0 Å². The summed E-state index contributed by atoms with van der Waals surface area (Å²) >= 11 is 0. The Morgan fingerprint density at radius 3 is 1.15 bits per heavy atom. The fourth-order valence-corrected chi connectivity index (χ4v) is 8.68. The van der Waals surface area contributed by atoms with Crippen molar-refractivity contribution in [1.29, 1.82) is 0 Å². The minimum atomic E-state index is -4.63. The van der Waals surface area contributed by atoms with Gasteiger partial charge in [-0.05, 0) is 116 Å². The highest BCUT2D eigenvalue weighted by molar-refractivity contribution is 6.13. The largest absolute Gasteiger partial charge is 0.417 e. The third-order valence-corrected chi connectivity index (χ3v) is 12.2. The van der Waals surface area contributed by atoms with Gasteiger partial charge < -0.3 is 9.13 Å². The van der Waals surface area contributed by atoms with Crippen LogP contribution in [0, 0.1) is 6.57 Å². The van der Waals surface area contributed by atoms with E-state index in [4.69, 9.17) is 6.57 Å². The van der Waals surface area contributed by atoms with Crippen LogP contribution in [0.2, 0.25) is 0 Å². The number of nitrogens with zero attached hydrogens (tertiary/aromatic N) is 3. The molecule has 0 unspecified atom stereocenters. The smallest absolute Gasteiger partial charge is 0.319 e. The Hall–Kier alpha value is -5.80. The van der Waals surface area contributed by atoms with Crippen LogP contribution in [-0.2, 0) is 27.8 Å². The SMILES string of the molecule is [C-]#[N+]c1c(-n2c3ccc(C(C)(C)C)cc3c3cc(C(C)(C)C)ccc32)ccc(-c2ccccc2C(F)(F)F)c1-n1c2ccc(C(C)(C)C)cc2c2cc(C(C)(C)C)ccc21. The lowest BCUT2D eigenvalue weighted by Gasteiger charge is -2.23. The van der Waals surface area contributed by atoms with Crippen molar-refractivity contribution in [3.05, 3.63) is 148 Å². The predicted octanol–water partition coefficient (Wildman–Crippen LogP) is 16.3. The van der Waals surface area contributed by atoms with Crippen molar-refractivity contribution in [2.24, 2.45) is 0 Å². The van der Waals surface area contributed by atoms with Crippen molar-refractivity contribution in [3.63, 3.8) is 0 Å². The predicted molar refractivity (Wildman–Crippen MR) is 247 cm³/mol. The van der Waals surface area contributed by atoms with Gasteiger partial charge >= 0.3 is 6.18 Å². The third kappa shape index (κ3) is 6.77. The van der Waals surface area contributed by atoms with E-state index in [1.54, 1.807) is 12.1 Å². The van der Waals surface area contributed by atoms with Crippen molar-refractivity contribution in [1.82, 2.24) is 9.13 Å². The van der Waals surface area contributed by atoms with Crippen LogP contribution < -0.4 is 0 Å². The minimum Gasteiger partial charge on any atom is -0.319 e. The highest BCUT2D eigenvalue weighted by Crippen LogP contribution is 2.49. The van der Waals surface area contributed by atoms with Gasteiger partial charge in [0.15, 0.2) is 0 Å². The van der Waals surface area contributed by atoms with Crippen molar-refractivity contribution < 1.29 is 13.2 Å². The van der Waals surface area contributed by atoms with E-state index in [0.29, 0.717) is 16.9 Å². The summed E-state index contributed by atoms with van der Waals surface area (Å²) in [4.78, 5) is 4.34. The average molecular weight is 802 g/mol. The van der Waals surface area contributed by atoms with Crippen LogP contribution in [0.25, 0.3) is 71.0 Å². The fourth-order valence-electron chi connectivity index (χ4n) is 8.68. The minimum absolute atomic E-state index is 0.0240. The monoisotopic (exact) mass is 801 g/mol. The number of fused-ring (bicyclic) bond motifs is 6. The molecule has 0 aliphatic carbocycles. The van der Waals surface area contributed by atoms with Crippen LogP contribution in [0.1, 0.15) is 111 Å². The van der Waals surface area contributed by atoms with Crippen LogP contribution >= 0.6 is 0 Å². The molecule has 2 aromatic heterocycles. The summed E-state index contributed by atoms with van der Waals surface area (Å²) in [5.74, 6) is 0. The lowest BCUT2D eigenvalue weighted by molar-refractivity contribution is -0.137. The molecule has 6 aromatic carbocycles. The Balaban J connectivity index is 1.58. The number of halogens is 3. The van der Waals surface area contributed by atoms with Crippen LogP contribution in [0.5, 0.6) is 0 Å². The van der Waals surface area contributed by atoms with E-state index in [-0.39, 0.29) is 32.9 Å². The quantitative estimate of drug-likeness (QED) is 0.158. The van der Waals surface area contributed by atoms with Crippen molar-refractivity contribution in [2.75, 3.05) is 0 Å². The summed E-state index contributed by atoms with van der Waals surface area (Å²) in [6, 6.07) is 35.3. The molecule has 0 fully saturated rings. The first-order valence-corrected chi connectivity index (χ1v) is 20.8. The van der Waals surface area contributed by atoms with Crippen LogP contribution in [0.4, 0.5) is 18.9 Å². The van der Waals surface area contributed by atoms with E-state index in [0.717, 1.165) is 60.8 Å². The molecule has 0 saturated heterocycles. The summed E-state index contributed by atoms with van der Waals surface area (Å²) in [6.07, 6.45) is -4.63. The molecule has 6 heteroatoms. The highest BCUT2D eigenvalue weighted by Gasteiger charge is 2.35. The second kappa shape index (κ2) is 13.6. The number of benzene rings is 6. The number of hydrogen-bond donors (Lipinski definition) is 0. The van der Waals surface area contributed by atoms with E-state index < -0.39 is 11.7 Å². The van der Waals surface area contributed by atoms with Crippen LogP contribution in [0.3, 0.4) is 0 Å². The highest BCUT2D eigenvalue weighted by atomic mass is 19.4. The van der Waals surface area contributed by atoms with Gasteiger partial charge in [0, 0.05) is 21.5 Å². The van der Waals surface area contributed by atoms with E-state index >= 15 is 13.2 Å². The molecular weight excluding hydrogens is 748 g/mol. The second-order valence-electron chi connectivity index (χ2n) is 20.6. The summed E-state index contributed by atoms with van der Waals surface area (Å²) in [7, 11) is 0. The number of aromatic nitrogens is 2. The number of hydrogen-bond acceptors (Lipinski definition) is 0. The topological polar surface area (TPSA) is 14.2 Å². The molecule has 306 valence electrons. The van der Waals surface area contributed by atoms with Crippen LogP contribution in [-0.4, -0.2) is 9.13 Å². The molecule has 0 N–H and O–H groups in total. The van der Waals surface area contributed by atoms with Gasteiger partial charge in [-0.2, -0.15) is 13.2 Å². The van der Waals surface area contributed by atoms with E-state index in [1.165, 1.54) is 23.3 Å². The molecule has 0 aliphatic heterocycles. The molecular formula is C54H54F3N3. The second-order valence-corrected chi connectivity index (χ2v) is 20.6. The van der Waals surface area contributed by atoms with Gasteiger partial charge in [-0.1, -0.05) is 132 Å². The summed E-state index contributed by atoms with van der Waals surface area (Å²) < 4.78 is 49.3. The molecule has 0 amide bonds. The molecule has 60 heavy (non-hydrogen) atoms. The normalized spacial score (nSPS) is 13.2. The zero-order chi connectivity index (χ0) is 43.5. The molecule has 0 bridgehead atoms. The molecule has 0 atom stereocenters. The van der Waals surface area contributed by atoms with Gasteiger partial charge in [0.1, 0.15) is 0 Å². The first-order valence-electron chi connectivity index (χ1n) is 20.8. The van der Waals surface area contributed by atoms with Gasteiger partial charge in [0.25, 0.3) is 0 Å². The van der Waals surface area contributed by atoms with Crippen molar-refractivity contribution in [3.8, 4) is 22.5 Å². The molecule has 8 rings (SSSR count). The molecule has 0 radical (unpaired) electrons. The summed E-state index contributed by atoms with van der Waals surface area (Å²) in [5.41, 5.74) is 8.54. The molecule has 2 heterocycles. The summed E-state index contributed by atoms with van der Waals surface area (Å²) in [5, 5.41) is 4.10. The first kappa shape index (κ1) is 41.0. The lowest BCUT2D eigenvalue weighted by Crippen LogP contribution is -2.11. The Morgan fingerprint density at radius 1 is 0.433 bits per heavy atom. The molecule has 3 nitrogen and oxygen atoms in total. The van der Waals surface area contributed by atoms with E-state index in [9.17, 15) is 0 Å². The zero-order valence-electron chi connectivity index (χ0n) is 36.9. The maximum absolute atomic E-state index is 15.0. The third-order valence-electron chi connectivity index (χ3n) is 12.2. The fraction of sp³-hybridized carbons (Fsp3) is 0.315. The Kier molecular flexibility index (Phi) is 9.29. The average Bonchev–Trinajstić information content (AvgIpc) is 3.66. The Labute approximate surface area is 352 Å². The molecule has 8 aromatic rings. The molecule has 0 saturated carbocycles. The van der Waals surface area contributed by atoms with Gasteiger partial charge in [0.2, 0.25) is 5.69 Å². The number of rotatable bonds is 3. The zero-order valence-corrected chi connectivity index (χ0v) is 36.9. The van der Waals surface area contributed by atoms with Gasteiger partial charge in [-0.25, -0.2) is 4.85 Å². The first-order chi connectivity index (χ1) is 27.9. The van der Waals surface area contributed by atoms with Crippen molar-refractivity contribution in [2.45, 2.75) is 111 Å².